The molecule has 0 bridgehead atoms. The van der Waals surface area contributed by atoms with Crippen molar-refractivity contribution in [2.45, 2.75) is 32.0 Å². The third-order valence-electron chi connectivity index (χ3n) is 4.23. The lowest BCUT2D eigenvalue weighted by molar-refractivity contribution is -0.126. The summed E-state index contributed by atoms with van der Waals surface area (Å²) in [5.41, 5.74) is 0. The predicted octanol–water partition coefficient (Wildman–Crippen LogP) is 2.20. The van der Waals surface area contributed by atoms with Crippen molar-refractivity contribution >= 4 is 5.91 Å². The number of hydrogen-bond acceptors (Lipinski definition) is 7. The van der Waals surface area contributed by atoms with Crippen LogP contribution in [-0.2, 0) is 17.9 Å². The Labute approximate surface area is 143 Å². The van der Waals surface area contributed by atoms with Gasteiger partial charge in [0.1, 0.15) is 5.76 Å². The molecule has 130 valence electrons. The van der Waals surface area contributed by atoms with Crippen LogP contribution in [-0.4, -0.2) is 33.5 Å². The Morgan fingerprint density at radius 2 is 2.16 bits per heavy atom. The smallest absolute Gasteiger partial charge is 0.241 e. The fourth-order valence-corrected chi connectivity index (χ4v) is 3.02. The molecule has 25 heavy (non-hydrogen) atoms. The summed E-state index contributed by atoms with van der Waals surface area (Å²) in [7, 11) is 0. The number of aromatic nitrogens is 2. The average Bonchev–Trinajstić information content (AvgIpc) is 3.39. The third-order valence-corrected chi connectivity index (χ3v) is 4.23. The first-order chi connectivity index (χ1) is 12.3. The number of furan rings is 2. The zero-order valence-electron chi connectivity index (χ0n) is 13.6. The average molecular weight is 342 g/mol. The Bertz CT molecular complexity index is 810. The van der Waals surface area contributed by atoms with Crippen LogP contribution in [0, 0.1) is 0 Å². The molecule has 0 aliphatic carbocycles. The van der Waals surface area contributed by atoms with E-state index in [4.69, 9.17) is 13.4 Å². The minimum Gasteiger partial charge on any atom is -0.467 e. The summed E-state index contributed by atoms with van der Waals surface area (Å²) in [6.07, 6.45) is 4.92. The first kappa shape index (κ1) is 15.6. The van der Waals surface area contributed by atoms with E-state index in [0.29, 0.717) is 30.6 Å². The molecular formula is C17H18N4O4. The van der Waals surface area contributed by atoms with Crippen LogP contribution >= 0.6 is 0 Å². The molecule has 1 aliphatic heterocycles. The molecule has 1 amide bonds. The number of nitrogens with zero attached hydrogens (tertiary/aromatic N) is 3. The molecule has 1 aliphatic rings. The molecule has 3 aromatic rings. The van der Waals surface area contributed by atoms with Crippen molar-refractivity contribution in [3.05, 3.63) is 48.4 Å². The minimum absolute atomic E-state index is 0.0142. The fourth-order valence-electron chi connectivity index (χ4n) is 3.02. The first-order valence-electron chi connectivity index (χ1n) is 8.20. The summed E-state index contributed by atoms with van der Waals surface area (Å²) in [5.74, 6) is 2.16. The lowest BCUT2D eigenvalue weighted by Crippen LogP contribution is -2.42. The SMILES string of the molecule is O=C(NCc1ccco1)[C@@H]1CCCN1Cc1nc(-c2ccco2)no1. The second-order valence-corrected chi connectivity index (χ2v) is 5.91. The molecule has 0 spiro atoms. The number of amides is 1. The largest absolute Gasteiger partial charge is 0.467 e. The third kappa shape index (κ3) is 3.48. The van der Waals surface area contributed by atoms with Crippen LogP contribution < -0.4 is 5.32 Å². The van der Waals surface area contributed by atoms with Crippen LogP contribution in [0.25, 0.3) is 11.6 Å². The molecule has 4 heterocycles. The molecule has 8 nitrogen and oxygen atoms in total. The molecule has 1 fully saturated rings. The van der Waals surface area contributed by atoms with Gasteiger partial charge in [-0.25, -0.2) is 0 Å². The van der Waals surface area contributed by atoms with Gasteiger partial charge >= 0.3 is 0 Å². The van der Waals surface area contributed by atoms with Crippen molar-refractivity contribution in [3.8, 4) is 11.6 Å². The van der Waals surface area contributed by atoms with Gasteiger partial charge in [0, 0.05) is 0 Å². The van der Waals surface area contributed by atoms with Gasteiger partial charge in [-0.05, 0) is 43.7 Å². The van der Waals surface area contributed by atoms with E-state index in [1.54, 1.807) is 30.7 Å². The molecule has 4 rings (SSSR count). The van der Waals surface area contributed by atoms with E-state index < -0.39 is 0 Å². The van der Waals surface area contributed by atoms with Gasteiger partial charge < -0.3 is 18.7 Å². The van der Waals surface area contributed by atoms with E-state index in [1.165, 1.54) is 0 Å². The zero-order valence-corrected chi connectivity index (χ0v) is 13.6. The Kier molecular flexibility index (Phi) is 4.34. The summed E-state index contributed by atoms with van der Waals surface area (Å²) in [5, 5.41) is 6.84. The number of likely N-dealkylation sites (tertiary alicyclic amines) is 1. The van der Waals surface area contributed by atoms with Crippen molar-refractivity contribution in [3.63, 3.8) is 0 Å². The van der Waals surface area contributed by atoms with Gasteiger partial charge in [-0.1, -0.05) is 5.16 Å². The summed E-state index contributed by atoms with van der Waals surface area (Å²) < 4.78 is 15.8. The highest BCUT2D eigenvalue weighted by Crippen LogP contribution is 2.22. The van der Waals surface area contributed by atoms with Crippen molar-refractivity contribution < 1.29 is 18.2 Å². The van der Waals surface area contributed by atoms with Crippen molar-refractivity contribution in [2.24, 2.45) is 0 Å². The number of carbonyl (C=O) groups excluding carboxylic acids is 1. The highest BCUT2D eigenvalue weighted by Gasteiger charge is 2.31. The number of carbonyl (C=O) groups is 1. The standard InChI is InChI=1S/C17H18N4O4/c22-17(18-10-12-4-2-8-23-12)13-5-1-7-21(13)11-15-19-16(20-25-15)14-6-3-9-24-14/h2-4,6,8-9,13H,1,5,7,10-11H2,(H,18,22)/t13-/m0/s1. The molecule has 8 heteroatoms. The summed E-state index contributed by atoms with van der Waals surface area (Å²) in [4.78, 5) is 18.8. The molecule has 1 saturated heterocycles. The summed E-state index contributed by atoms with van der Waals surface area (Å²) in [6, 6.07) is 6.98. The summed E-state index contributed by atoms with van der Waals surface area (Å²) >= 11 is 0. The predicted molar refractivity (Wildman–Crippen MR) is 86.0 cm³/mol. The molecular weight excluding hydrogens is 324 g/mol. The Hall–Kier alpha value is -2.87. The van der Waals surface area contributed by atoms with E-state index in [1.807, 2.05) is 6.07 Å². The van der Waals surface area contributed by atoms with Crippen molar-refractivity contribution in [2.75, 3.05) is 6.54 Å². The number of nitrogens with one attached hydrogen (secondary N) is 1. The van der Waals surface area contributed by atoms with Crippen LogP contribution in [0.5, 0.6) is 0 Å². The van der Waals surface area contributed by atoms with Gasteiger partial charge in [0.2, 0.25) is 17.6 Å². The van der Waals surface area contributed by atoms with Crippen LogP contribution in [0.1, 0.15) is 24.5 Å². The maximum atomic E-state index is 12.5. The fraction of sp³-hybridized carbons (Fsp3) is 0.353. The van der Waals surface area contributed by atoms with Crippen LogP contribution in [0.15, 0.2) is 50.1 Å². The van der Waals surface area contributed by atoms with Crippen molar-refractivity contribution in [1.82, 2.24) is 20.4 Å². The monoisotopic (exact) mass is 342 g/mol. The van der Waals surface area contributed by atoms with Gasteiger partial charge in [-0.2, -0.15) is 4.98 Å². The summed E-state index contributed by atoms with van der Waals surface area (Å²) in [6.45, 7) is 1.64. The Balaban J connectivity index is 1.37. The Morgan fingerprint density at radius 3 is 2.96 bits per heavy atom. The molecule has 3 aromatic heterocycles. The maximum Gasteiger partial charge on any atom is 0.241 e. The normalized spacial score (nSPS) is 17.8. The van der Waals surface area contributed by atoms with Gasteiger partial charge in [0.05, 0.1) is 31.7 Å². The molecule has 1 N–H and O–H groups in total. The van der Waals surface area contributed by atoms with E-state index in [0.717, 1.165) is 25.1 Å². The Morgan fingerprint density at radius 1 is 1.28 bits per heavy atom. The zero-order chi connectivity index (χ0) is 17.1. The van der Waals surface area contributed by atoms with E-state index in [2.05, 4.69) is 20.4 Å². The number of rotatable bonds is 6. The lowest BCUT2D eigenvalue weighted by Gasteiger charge is -2.21. The second-order valence-electron chi connectivity index (χ2n) is 5.91. The minimum atomic E-state index is -0.200. The van der Waals surface area contributed by atoms with Crippen LogP contribution in [0.3, 0.4) is 0 Å². The maximum absolute atomic E-state index is 12.5. The quantitative estimate of drug-likeness (QED) is 0.733. The van der Waals surface area contributed by atoms with Gasteiger partial charge in [0.25, 0.3) is 0 Å². The highest BCUT2D eigenvalue weighted by molar-refractivity contribution is 5.81. The second kappa shape index (κ2) is 6.94. The van der Waals surface area contributed by atoms with Crippen LogP contribution in [0.2, 0.25) is 0 Å². The molecule has 0 unspecified atom stereocenters. The van der Waals surface area contributed by atoms with E-state index in [-0.39, 0.29) is 11.9 Å². The lowest BCUT2D eigenvalue weighted by atomic mass is 10.2. The molecule has 0 saturated carbocycles. The molecule has 1 atom stereocenters. The number of hydrogen-bond donors (Lipinski definition) is 1. The molecule has 0 aromatic carbocycles. The first-order valence-corrected chi connectivity index (χ1v) is 8.20. The van der Waals surface area contributed by atoms with Gasteiger partial charge in [-0.15, -0.1) is 0 Å². The van der Waals surface area contributed by atoms with Crippen LogP contribution in [0.4, 0.5) is 0 Å². The van der Waals surface area contributed by atoms with E-state index in [9.17, 15) is 4.79 Å². The molecule has 0 radical (unpaired) electrons. The van der Waals surface area contributed by atoms with Crippen molar-refractivity contribution in [1.29, 1.82) is 0 Å². The van der Waals surface area contributed by atoms with Gasteiger partial charge in [-0.3, -0.25) is 9.69 Å². The van der Waals surface area contributed by atoms with Gasteiger partial charge in [0.15, 0.2) is 5.76 Å². The van der Waals surface area contributed by atoms with E-state index >= 15 is 0 Å². The highest BCUT2D eigenvalue weighted by atomic mass is 16.5. The topological polar surface area (TPSA) is 97.5 Å².